The summed E-state index contributed by atoms with van der Waals surface area (Å²) in [5.41, 5.74) is 0.0980. The van der Waals surface area contributed by atoms with Gasteiger partial charge in [-0.15, -0.1) is 0 Å². The van der Waals surface area contributed by atoms with Crippen LogP contribution in [0.25, 0.3) is 11.3 Å². The molecule has 0 aliphatic rings. The van der Waals surface area contributed by atoms with Crippen molar-refractivity contribution in [2.24, 2.45) is 0 Å². The SMILES string of the molecule is COC(=O)c1cc(-c2ccccc2[N+](=O)[O-])on1. The highest BCUT2D eigenvalue weighted by Gasteiger charge is 2.20. The zero-order valence-electron chi connectivity index (χ0n) is 9.32. The lowest BCUT2D eigenvalue weighted by Gasteiger charge is -1.96. The van der Waals surface area contributed by atoms with Crippen LogP contribution in [0.1, 0.15) is 10.5 Å². The topological polar surface area (TPSA) is 95.5 Å². The summed E-state index contributed by atoms with van der Waals surface area (Å²) in [6.07, 6.45) is 0. The van der Waals surface area contributed by atoms with Crippen LogP contribution in [0.2, 0.25) is 0 Å². The van der Waals surface area contributed by atoms with Crippen LogP contribution in [0.3, 0.4) is 0 Å². The van der Waals surface area contributed by atoms with E-state index in [0.29, 0.717) is 0 Å². The summed E-state index contributed by atoms with van der Waals surface area (Å²) >= 11 is 0. The molecule has 1 heterocycles. The van der Waals surface area contributed by atoms with E-state index in [0.717, 1.165) is 0 Å². The molecule has 0 radical (unpaired) electrons. The molecule has 7 nitrogen and oxygen atoms in total. The Hall–Kier alpha value is -2.70. The first-order valence-electron chi connectivity index (χ1n) is 4.92. The molecule has 0 saturated heterocycles. The molecule has 0 fully saturated rings. The fourth-order valence-corrected chi connectivity index (χ4v) is 1.44. The number of hydrogen-bond acceptors (Lipinski definition) is 6. The Morgan fingerprint density at radius 3 is 2.83 bits per heavy atom. The average Bonchev–Trinajstić information content (AvgIpc) is 2.87. The van der Waals surface area contributed by atoms with Gasteiger partial charge in [-0.05, 0) is 6.07 Å². The summed E-state index contributed by atoms with van der Waals surface area (Å²) in [6.45, 7) is 0. The van der Waals surface area contributed by atoms with Crippen molar-refractivity contribution in [3.8, 4) is 11.3 Å². The molecular formula is C11H8N2O5. The van der Waals surface area contributed by atoms with Crippen molar-refractivity contribution < 1.29 is 19.0 Å². The first kappa shape index (κ1) is 11.8. The smallest absolute Gasteiger partial charge is 0.360 e. The molecule has 2 aromatic rings. The first-order chi connectivity index (χ1) is 8.63. The molecule has 92 valence electrons. The van der Waals surface area contributed by atoms with Crippen LogP contribution in [-0.2, 0) is 4.74 Å². The summed E-state index contributed by atoms with van der Waals surface area (Å²) in [5.74, 6) is -0.522. The Balaban J connectivity index is 2.46. The first-order valence-corrected chi connectivity index (χ1v) is 4.92. The number of methoxy groups -OCH3 is 1. The van der Waals surface area contributed by atoms with Gasteiger partial charge in [-0.1, -0.05) is 17.3 Å². The molecule has 0 N–H and O–H groups in total. The molecule has 7 heteroatoms. The van der Waals surface area contributed by atoms with E-state index in [9.17, 15) is 14.9 Å². The van der Waals surface area contributed by atoms with Gasteiger partial charge in [-0.25, -0.2) is 4.79 Å². The van der Waals surface area contributed by atoms with E-state index >= 15 is 0 Å². The number of esters is 1. The monoisotopic (exact) mass is 248 g/mol. The predicted octanol–water partition coefficient (Wildman–Crippen LogP) is 2.04. The van der Waals surface area contributed by atoms with Crippen LogP contribution in [-0.4, -0.2) is 23.2 Å². The minimum atomic E-state index is -0.663. The van der Waals surface area contributed by atoms with Gasteiger partial charge in [0.05, 0.1) is 17.6 Å². The lowest BCUT2D eigenvalue weighted by molar-refractivity contribution is -0.384. The number of hydrogen-bond donors (Lipinski definition) is 0. The fraction of sp³-hybridized carbons (Fsp3) is 0.0909. The Bertz CT molecular complexity index is 605. The molecule has 0 aliphatic carbocycles. The number of nitro benzene ring substituents is 1. The number of carbonyl (C=O) groups is 1. The molecule has 1 aromatic heterocycles. The van der Waals surface area contributed by atoms with Gasteiger partial charge in [0.2, 0.25) is 0 Å². The van der Waals surface area contributed by atoms with Gasteiger partial charge in [0.25, 0.3) is 5.69 Å². The lowest BCUT2D eigenvalue weighted by Crippen LogP contribution is -2.00. The Labute approximate surface area is 101 Å². The second-order valence-electron chi connectivity index (χ2n) is 3.34. The molecule has 0 aliphatic heterocycles. The maximum atomic E-state index is 11.2. The highest BCUT2D eigenvalue weighted by molar-refractivity contribution is 5.88. The Kier molecular flexibility index (Phi) is 3.05. The van der Waals surface area contributed by atoms with Crippen molar-refractivity contribution >= 4 is 11.7 Å². The van der Waals surface area contributed by atoms with E-state index in [2.05, 4.69) is 9.89 Å². The molecule has 0 atom stereocenters. The third-order valence-electron chi connectivity index (χ3n) is 2.27. The number of rotatable bonds is 3. The van der Waals surface area contributed by atoms with Crippen molar-refractivity contribution in [3.63, 3.8) is 0 Å². The third-order valence-corrected chi connectivity index (χ3v) is 2.27. The Morgan fingerprint density at radius 1 is 1.44 bits per heavy atom. The summed E-state index contributed by atoms with van der Waals surface area (Å²) < 4.78 is 9.38. The fourth-order valence-electron chi connectivity index (χ4n) is 1.44. The van der Waals surface area contributed by atoms with Crippen LogP contribution in [0, 0.1) is 10.1 Å². The van der Waals surface area contributed by atoms with Gasteiger partial charge in [-0.3, -0.25) is 10.1 Å². The molecule has 0 saturated carbocycles. The van der Waals surface area contributed by atoms with Crippen LogP contribution >= 0.6 is 0 Å². The van der Waals surface area contributed by atoms with E-state index in [1.165, 1.54) is 25.3 Å². The van der Waals surface area contributed by atoms with Crippen molar-refractivity contribution in [1.29, 1.82) is 0 Å². The summed E-state index contributed by atoms with van der Waals surface area (Å²) in [4.78, 5) is 21.5. The second-order valence-corrected chi connectivity index (χ2v) is 3.34. The quantitative estimate of drug-likeness (QED) is 0.468. The number of carbonyl (C=O) groups excluding carboxylic acids is 1. The molecule has 1 aromatic carbocycles. The van der Waals surface area contributed by atoms with Gasteiger partial charge in [0.1, 0.15) is 0 Å². The van der Waals surface area contributed by atoms with Crippen LogP contribution in [0.4, 0.5) is 5.69 Å². The van der Waals surface area contributed by atoms with Crippen LogP contribution in [0.15, 0.2) is 34.9 Å². The van der Waals surface area contributed by atoms with E-state index in [4.69, 9.17) is 4.52 Å². The van der Waals surface area contributed by atoms with Crippen molar-refractivity contribution in [3.05, 3.63) is 46.1 Å². The largest absolute Gasteiger partial charge is 0.464 e. The van der Waals surface area contributed by atoms with E-state index < -0.39 is 10.9 Å². The molecule has 0 spiro atoms. The number of aromatic nitrogens is 1. The number of para-hydroxylation sites is 1. The van der Waals surface area contributed by atoms with Crippen molar-refractivity contribution in [1.82, 2.24) is 5.16 Å². The summed E-state index contributed by atoms with van der Waals surface area (Å²) in [7, 11) is 1.21. The second kappa shape index (κ2) is 4.66. The maximum absolute atomic E-state index is 11.2. The normalized spacial score (nSPS) is 10.1. The molecule has 18 heavy (non-hydrogen) atoms. The van der Waals surface area contributed by atoms with Gasteiger partial charge >= 0.3 is 5.97 Å². The highest BCUT2D eigenvalue weighted by atomic mass is 16.6. The van der Waals surface area contributed by atoms with E-state index in [-0.39, 0.29) is 22.7 Å². The predicted molar refractivity (Wildman–Crippen MR) is 59.9 cm³/mol. The standard InChI is InChI=1S/C11H8N2O5/c1-17-11(14)8-6-10(18-12-8)7-4-2-3-5-9(7)13(15)16/h2-6H,1H3. The zero-order valence-corrected chi connectivity index (χ0v) is 9.32. The van der Waals surface area contributed by atoms with E-state index in [1.807, 2.05) is 0 Å². The van der Waals surface area contributed by atoms with Gasteiger partial charge < -0.3 is 9.26 Å². The summed E-state index contributed by atoms with van der Waals surface area (Å²) in [5, 5.41) is 14.3. The third kappa shape index (κ3) is 2.05. The molecule has 0 bridgehead atoms. The minimum absolute atomic E-state index is 0.0364. The minimum Gasteiger partial charge on any atom is -0.464 e. The number of ether oxygens (including phenoxy) is 1. The highest BCUT2D eigenvalue weighted by Crippen LogP contribution is 2.29. The molecular weight excluding hydrogens is 240 g/mol. The van der Waals surface area contributed by atoms with Gasteiger partial charge in [-0.2, -0.15) is 0 Å². The van der Waals surface area contributed by atoms with Gasteiger partial charge in [0, 0.05) is 12.1 Å². The van der Waals surface area contributed by atoms with Crippen molar-refractivity contribution in [2.75, 3.05) is 7.11 Å². The molecule has 2 rings (SSSR count). The maximum Gasteiger partial charge on any atom is 0.360 e. The van der Waals surface area contributed by atoms with Crippen LogP contribution in [0.5, 0.6) is 0 Å². The number of nitro groups is 1. The lowest BCUT2D eigenvalue weighted by atomic mass is 10.1. The van der Waals surface area contributed by atoms with Gasteiger partial charge in [0.15, 0.2) is 11.5 Å². The average molecular weight is 248 g/mol. The molecule has 0 amide bonds. The number of benzene rings is 1. The zero-order chi connectivity index (χ0) is 13.1. The van der Waals surface area contributed by atoms with Crippen LogP contribution < -0.4 is 0 Å². The van der Waals surface area contributed by atoms with Crippen molar-refractivity contribution in [2.45, 2.75) is 0 Å². The Morgan fingerprint density at radius 2 is 2.17 bits per heavy atom. The van der Waals surface area contributed by atoms with E-state index in [1.54, 1.807) is 12.1 Å². The summed E-state index contributed by atoms with van der Waals surface area (Å²) in [6, 6.07) is 7.32. The molecule has 0 unspecified atom stereocenters. The number of nitrogens with zero attached hydrogens (tertiary/aromatic N) is 2.